The molecule has 1 aliphatic rings. The average molecular weight is 255 g/mol. The van der Waals surface area contributed by atoms with Gasteiger partial charge in [0.15, 0.2) is 0 Å². The van der Waals surface area contributed by atoms with Crippen LogP contribution in [0.3, 0.4) is 0 Å². The first-order valence-electron chi connectivity index (χ1n) is 5.65. The standard InChI is InChI=1S/C11H17N3O2S/c1-2-13-17(15,16)14-7-6-10-9(8-14)4-3-5-11(10)12/h3-5,13H,2,6-8,12H2,1H3. The van der Waals surface area contributed by atoms with Crippen LogP contribution < -0.4 is 10.5 Å². The zero-order chi connectivity index (χ0) is 12.5. The summed E-state index contributed by atoms with van der Waals surface area (Å²) in [4.78, 5) is 0. The maximum absolute atomic E-state index is 11.9. The Labute approximate surface area is 102 Å². The van der Waals surface area contributed by atoms with E-state index in [1.54, 1.807) is 6.92 Å². The van der Waals surface area contributed by atoms with Gasteiger partial charge in [0.05, 0.1) is 0 Å². The molecule has 0 saturated carbocycles. The number of benzene rings is 1. The molecule has 0 amide bonds. The minimum absolute atomic E-state index is 0.399. The molecule has 5 nitrogen and oxygen atoms in total. The third kappa shape index (κ3) is 2.43. The van der Waals surface area contributed by atoms with Crippen molar-refractivity contribution in [2.45, 2.75) is 19.9 Å². The van der Waals surface area contributed by atoms with Crippen molar-refractivity contribution < 1.29 is 8.42 Å². The quantitative estimate of drug-likeness (QED) is 0.771. The summed E-state index contributed by atoms with van der Waals surface area (Å²) in [6.07, 6.45) is 0.673. The molecule has 1 heterocycles. The molecule has 1 aromatic carbocycles. The molecule has 6 heteroatoms. The number of hydrogen-bond donors (Lipinski definition) is 2. The van der Waals surface area contributed by atoms with E-state index in [0.29, 0.717) is 26.1 Å². The molecule has 0 radical (unpaired) electrons. The zero-order valence-electron chi connectivity index (χ0n) is 9.81. The summed E-state index contributed by atoms with van der Waals surface area (Å²) < 4.78 is 27.7. The zero-order valence-corrected chi connectivity index (χ0v) is 10.6. The number of fused-ring (bicyclic) bond motifs is 1. The van der Waals surface area contributed by atoms with Crippen LogP contribution in [0.1, 0.15) is 18.1 Å². The van der Waals surface area contributed by atoms with Crippen molar-refractivity contribution in [1.29, 1.82) is 0 Å². The van der Waals surface area contributed by atoms with Gasteiger partial charge in [-0.1, -0.05) is 19.1 Å². The Morgan fingerprint density at radius 1 is 1.47 bits per heavy atom. The second-order valence-corrected chi connectivity index (χ2v) is 5.83. The SMILES string of the molecule is CCNS(=O)(=O)N1CCc2c(N)cccc2C1. The molecule has 0 spiro atoms. The van der Waals surface area contributed by atoms with E-state index in [-0.39, 0.29) is 0 Å². The predicted molar refractivity (Wildman–Crippen MR) is 67.6 cm³/mol. The molecule has 94 valence electrons. The van der Waals surface area contributed by atoms with Gasteiger partial charge in [-0.05, 0) is 23.6 Å². The first-order valence-corrected chi connectivity index (χ1v) is 7.09. The second kappa shape index (κ2) is 4.64. The number of nitrogen functional groups attached to an aromatic ring is 1. The number of nitrogens with one attached hydrogen (secondary N) is 1. The molecule has 0 atom stereocenters. The van der Waals surface area contributed by atoms with Gasteiger partial charge in [-0.25, -0.2) is 4.72 Å². The monoisotopic (exact) mass is 255 g/mol. The van der Waals surface area contributed by atoms with E-state index in [0.717, 1.165) is 16.8 Å². The maximum Gasteiger partial charge on any atom is 0.279 e. The molecular formula is C11H17N3O2S. The Balaban J connectivity index is 2.25. The third-order valence-corrected chi connectivity index (χ3v) is 4.58. The van der Waals surface area contributed by atoms with Gasteiger partial charge in [0.1, 0.15) is 0 Å². The lowest BCUT2D eigenvalue weighted by Crippen LogP contribution is -2.43. The van der Waals surface area contributed by atoms with Crippen LogP contribution in [0.4, 0.5) is 5.69 Å². The van der Waals surface area contributed by atoms with Crippen molar-refractivity contribution in [2.24, 2.45) is 0 Å². The Morgan fingerprint density at radius 2 is 2.24 bits per heavy atom. The average Bonchev–Trinajstić information content (AvgIpc) is 2.29. The van der Waals surface area contributed by atoms with Gasteiger partial charge in [-0.2, -0.15) is 12.7 Å². The fourth-order valence-electron chi connectivity index (χ4n) is 2.09. The van der Waals surface area contributed by atoms with Crippen LogP contribution in [0.5, 0.6) is 0 Å². The molecule has 17 heavy (non-hydrogen) atoms. The van der Waals surface area contributed by atoms with Crippen LogP contribution in [0.25, 0.3) is 0 Å². The van der Waals surface area contributed by atoms with Gasteiger partial charge in [-0.15, -0.1) is 0 Å². The molecule has 0 unspecified atom stereocenters. The van der Waals surface area contributed by atoms with Crippen LogP contribution in [0.15, 0.2) is 18.2 Å². The lowest BCUT2D eigenvalue weighted by molar-refractivity contribution is 0.385. The van der Waals surface area contributed by atoms with Crippen LogP contribution in [0.2, 0.25) is 0 Å². The van der Waals surface area contributed by atoms with Crippen molar-refractivity contribution >= 4 is 15.9 Å². The molecule has 3 N–H and O–H groups in total. The summed E-state index contributed by atoms with van der Waals surface area (Å²) in [7, 11) is -3.35. The smallest absolute Gasteiger partial charge is 0.279 e. The predicted octanol–water partition coefficient (Wildman–Crippen LogP) is 0.481. The molecule has 0 fully saturated rings. The molecule has 0 aromatic heterocycles. The van der Waals surface area contributed by atoms with Crippen molar-refractivity contribution in [3.05, 3.63) is 29.3 Å². The Hall–Kier alpha value is -1.11. The van der Waals surface area contributed by atoms with E-state index >= 15 is 0 Å². The lowest BCUT2D eigenvalue weighted by atomic mass is 9.99. The highest BCUT2D eigenvalue weighted by Crippen LogP contribution is 2.25. The Bertz CT molecular complexity index is 513. The first kappa shape index (κ1) is 12.3. The minimum atomic E-state index is -3.35. The molecule has 1 aromatic rings. The largest absolute Gasteiger partial charge is 0.398 e. The van der Waals surface area contributed by atoms with Gasteiger partial charge in [0, 0.05) is 25.3 Å². The Kier molecular flexibility index (Phi) is 3.37. The molecule has 1 aliphatic heterocycles. The molecule has 0 bridgehead atoms. The normalized spacial score (nSPS) is 16.8. The lowest BCUT2D eigenvalue weighted by Gasteiger charge is -2.28. The second-order valence-electron chi connectivity index (χ2n) is 4.07. The molecule has 0 saturated heterocycles. The summed E-state index contributed by atoms with van der Waals surface area (Å²) in [5.41, 5.74) is 8.70. The summed E-state index contributed by atoms with van der Waals surface area (Å²) >= 11 is 0. The minimum Gasteiger partial charge on any atom is -0.398 e. The van der Waals surface area contributed by atoms with Gasteiger partial charge in [0.25, 0.3) is 10.2 Å². The third-order valence-electron chi connectivity index (χ3n) is 2.93. The summed E-state index contributed by atoms with van der Waals surface area (Å²) in [6, 6.07) is 5.64. The van der Waals surface area contributed by atoms with Crippen molar-refractivity contribution in [2.75, 3.05) is 18.8 Å². The van der Waals surface area contributed by atoms with Gasteiger partial charge in [0.2, 0.25) is 0 Å². The maximum atomic E-state index is 11.9. The van der Waals surface area contributed by atoms with Crippen LogP contribution in [-0.2, 0) is 23.2 Å². The Morgan fingerprint density at radius 3 is 2.94 bits per heavy atom. The van der Waals surface area contributed by atoms with Crippen LogP contribution in [-0.4, -0.2) is 25.8 Å². The number of anilines is 1. The van der Waals surface area contributed by atoms with Gasteiger partial charge in [-0.3, -0.25) is 0 Å². The molecular weight excluding hydrogens is 238 g/mol. The van der Waals surface area contributed by atoms with Crippen molar-refractivity contribution in [3.63, 3.8) is 0 Å². The van der Waals surface area contributed by atoms with E-state index in [9.17, 15) is 8.42 Å². The number of nitrogens with two attached hydrogens (primary N) is 1. The van der Waals surface area contributed by atoms with Gasteiger partial charge < -0.3 is 5.73 Å². The van der Waals surface area contributed by atoms with E-state index in [2.05, 4.69) is 4.72 Å². The summed E-state index contributed by atoms with van der Waals surface area (Å²) in [6.45, 7) is 3.06. The number of hydrogen-bond acceptors (Lipinski definition) is 3. The van der Waals surface area contributed by atoms with Crippen molar-refractivity contribution in [3.8, 4) is 0 Å². The van der Waals surface area contributed by atoms with E-state index < -0.39 is 10.2 Å². The topological polar surface area (TPSA) is 75.4 Å². The first-order chi connectivity index (χ1) is 8.04. The number of nitrogens with zero attached hydrogens (tertiary/aromatic N) is 1. The van der Waals surface area contributed by atoms with Crippen LogP contribution in [0, 0.1) is 0 Å². The van der Waals surface area contributed by atoms with Gasteiger partial charge >= 0.3 is 0 Å². The summed E-state index contributed by atoms with van der Waals surface area (Å²) in [5, 5.41) is 0. The fourth-order valence-corrected chi connectivity index (χ4v) is 3.28. The van der Waals surface area contributed by atoms with E-state index in [4.69, 9.17) is 5.73 Å². The summed E-state index contributed by atoms with van der Waals surface area (Å²) in [5.74, 6) is 0. The van der Waals surface area contributed by atoms with Crippen molar-refractivity contribution in [1.82, 2.24) is 9.03 Å². The molecule has 2 rings (SSSR count). The highest BCUT2D eigenvalue weighted by Gasteiger charge is 2.26. The van der Waals surface area contributed by atoms with Crippen LogP contribution >= 0.6 is 0 Å². The highest BCUT2D eigenvalue weighted by molar-refractivity contribution is 7.87. The van der Waals surface area contributed by atoms with E-state index in [1.165, 1.54) is 4.31 Å². The number of rotatable bonds is 3. The fraction of sp³-hybridized carbons (Fsp3) is 0.455. The molecule has 0 aliphatic carbocycles. The highest BCUT2D eigenvalue weighted by atomic mass is 32.2. The van der Waals surface area contributed by atoms with E-state index in [1.807, 2.05) is 18.2 Å².